The van der Waals surface area contributed by atoms with Crippen molar-refractivity contribution in [2.24, 2.45) is 5.92 Å². The third-order valence-electron chi connectivity index (χ3n) is 3.71. The van der Waals surface area contributed by atoms with Crippen molar-refractivity contribution in [2.45, 2.75) is 25.8 Å². The monoisotopic (exact) mass is 226 g/mol. The highest BCUT2D eigenvalue weighted by atomic mass is 16.5. The molecule has 1 aliphatic carbocycles. The van der Waals surface area contributed by atoms with Crippen LogP contribution in [-0.4, -0.2) is 61.6 Å². The van der Waals surface area contributed by atoms with Gasteiger partial charge in [0.15, 0.2) is 0 Å². The summed E-state index contributed by atoms with van der Waals surface area (Å²) in [6.07, 6.45) is 2.83. The number of methoxy groups -OCH3 is 1. The molecule has 0 amide bonds. The molecular weight excluding hydrogens is 204 g/mol. The normalized spacial score (nSPS) is 25.4. The fraction of sp³-hybridized carbons (Fsp3) is 0.917. The minimum absolute atomic E-state index is 0.0897. The SMILES string of the molecule is COC(=O)[C@H](C)N1CCN(CC2CC2)CC1. The van der Waals surface area contributed by atoms with E-state index >= 15 is 0 Å². The van der Waals surface area contributed by atoms with Gasteiger partial charge in [0.05, 0.1) is 7.11 Å². The van der Waals surface area contributed by atoms with Crippen molar-refractivity contribution in [1.29, 1.82) is 0 Å². The van der Waals surface area contributed by atoms with Crippen LogP contribution in [-0.2, 0) is 9.53 Å². The van der Waals surface area contributed by atoms with Crippen LogP contribution >= 0.6 is 0 Å². The van der Waals surface area contributed by atoms with Gasteiger partial charge in [-0.25, -0.2) is 0 Å². The van der Waals surface area contributed by atoms with Crippen LogP contribution in [0.3, 0.4) is 0 Å². The van der Waals surface area contributed by atoms with Crippen molar-refractivity contribution in [3.63, 3.8) is 0 Å². The zero-order valence-corrected chi connectivity index (χ0v) is 10.3. The number of esters is 1. The van der Waals surface area contributed by atoms with Crippen molar-refractivity contribution in [2.75, 3.05) is 39.8 Å². The van der Waals surface area contributed by atoms with Gasteiger partial charge in [-0.15, -0.1) is 0 Å². The van der Waals surface area contributed by atoms with Gasteiger partial charge < -0.3 is 9.64 Å². The second kappa shape index (κ2) is 5.15. The summed E-state index contributed by atoms with van der Waals surface area (Å²) in [5.74, 6) is 0.847. The van der Waals surface area contributed by atoms with Crippen molar-refractivity contribution >= 4 is 5.97 Å². The number of carbonyl (C=O) groups excluding carboxylic acids is 1. The van der Waals surface area contributed by atoms with E-state index in [0.29, 0.717) is 0 Å². The summed E-state index contributed by atoms with van der Waals surface area (Å²) in [5, 5.41) is 0. The standard InChI is InChI=1S/C12H22N2O2/c1-10(12(15)16-2)14-7-5-13(6-8-14)9-11-3-4-11/h10-11H,3-9H2,1-2H3/t10-/m0/s1. The molecule has 0 bridgehead atoms. The van der Waals surface area contributed by atoms with Gasteiger partial charge in [-0.1, -0.05) is 0 Å². The molecule has 2 rings (SSSR count). The van der Waals surface area contributed by atoms with Crippen molar-refractivity contribution in [3.05, 3.63) is 0 Å². The Bertz CT molecular complexity index is 245. The van der Waals surface area contributed by atoms with Gasteiger partial charge in [-0.05, 0) is 25.7 Å². The summed E-state index contributed by atoms with van der Waals surface area (Å²) < 4.78 is 4.77. The van der Waals surface area contributed by atoms with Gasteiger partial charge in [-0.2, -0.15) is 0 Å². The molecule has 0 aromatic heterocycles. The fourth-order valence-electron chi connectivity index (χ4n) is 2.32. The molecule has 0 unspecified atom stereocenters. The number of carbonyl (C=O) groups is 1. The van der Waals surface area contributed by atoms with E-state index in [4.69, 9.17) is 4.74 Å². The predicted octanol–water partition coefficient (Wildman–Crippen LogP) is 0.575. The molecule has 1 heterocycles. The first-order chi connectivity index (χ1) is 7.70. The van der Waals surface area contributed by atoms with E-state index in [1.807, 2.05) is 6.92 Å². The average molecular weight is 226 g/mol. The second-order valence-corrected chi connectivity index (χ2v) is 4.98. The maximum Gasteiger partial charge on any atom is 0.322 e. The third kappa shape index (κ3) is 2.95. The van der Waals surface area contributed by atoms with Crippen LogP contribution in [0, 0.1) is 5.92 Å². The molecule has 0 radical (unpaired) electrons. The van der Waals surface area contributed by atoms with E-state index < -0.39 is 0 Å². The summed E-state index contributed by atoms with van der Waals surface area (Å²) in [6, 6.07) is -0.0897. The van der Waals surface area contributed by atoms with Crippen LogP contribution in [0.5, 0.6) is 0 Å². The number of nitrogens with zero attached hydrogens (tertiary/aromatic N) is 2. The highest BCUT2D eigenvalue weighted by molar-refractivity contribution is 5.75. The Hall–Kier alpha value is -0.610. The maximum absolute atomic E-state index is 11.4. The number of piperazine rings is 1. The van der Waals surface area contributed by atoms with Crippen molar-refractivity contribution in [1.82, 2.24) is 9.80 Å². The molecule has 92 valence electrons. The molecule has 4 nitrogen and oxygen atoms in total. The first kappa shape index (κ1) is 11.9. The largest absolute Gasteiger partial charge is 0.468 e. The number of ether oxygens (including phenoxy) is 1. The molecule has 0 N–H and O–H groups in total. The molecular formula is C12H22N2O2. The van der Waals surface area contributed by atoms with Crippen molar-refractivity contribution < 1.29 is 9.53 Å². The lowest BCUT2D eigenvalue weighted by Crippen LogP contribution is -2.52. The van der Waals surface area contributed by atoms with Crippen LogP contribution in [0.25, 0.3) is 0 Å². The molecule has 0 spiro atoms. The lowest BCUT2D eigenvalue weighted by Gasteiger charge is -2.36. The smallest absolute Gasteiger partial charge is 0.322 e. The Morgan fingerprint density at radius 3 is 2.44 bits per heavy atom. The summed E-state index contributed by atoms with van der Waals surface area (Å²) in [4.78, 5) is 16.1. The van der Waals surface area contributed by atoms with Crippen LogP contribution in [0.2, 0.25) is 0 Å². The van der Waals surface area contributed by atoms with Gasteiger partial charge in [0.2, 0.25) is 0 Å². The van der Waals surface area contributed by atoms with Crippen LogP contribution in [0.15, 0.2) is 0 Å². The van der Waals surface area contributed by atoms with Crippen LogP contribution in [0.4, 0.5) is 0 Å². The van der Waals surface area contributed by atoms with E-state index in [1.54, 1.807) is 0 Å². The van der Waals surface area contributed by atoms with Crippen LogP contribution in [0.1, 0.15) is 19.8 Å². The van der Waals surface area contributed by atoms with Gasteiger partial charge >= 0.3 is 5.97 Å². The number of hydrogen-bond donors (Lipinski definition) is 0. The van der Waals surface area contributed by atoms with Gasteiger partial charge in [0.25, 0.3) is 0 Å². The van der Waals surface area contributed by atoms with E-state index in [2.05, 4.69) is 9.80 Å². The molecule has 2 fully saturated rings. The Balaban J connectivity index is 1.73. The Morgan fingerprint density at radius 1 is 1.31 bits per heavy atom. The summed E-state index contributed by atoms with van der Waals surface area (Å²) in [7, 11) is 1.46. The zero-order chi connectivity index (χ0) is 11.5. The number of rotatable bonds is 4. The maximum atomic E-state index is 11.4. The average Bonchev–Trinajstić information content (AvgIpc) is 3.12. The topological polar surface area (TPSA) is 32.8 Å². The number of hydrogen-bond acceptors (Lipinski definition) is 4. The summed E-state index contributed by atoms with van der Waals surface area (Å²) >= 11 is 0. The van der Waals surface area contributed by atoms with E-state index in [-0.39, 0.29) is 12.0 Å². The minimum Gasteiger partial charge on any atom is -0.468 e. The lowest BCUT2D eigenvalue weighted by molar-refractivity contribution is -0.147. The fourth-order valence-corrected chi connectivity index (χ4v) is 2.32. The molecule has 4 heteroatoms. The molecule has 0 aromatic rings. The molecule has 1 aliphatic heterocycles. The Morgan fingerprint density at radius 2 is 1.94 bits per heavy atom. The van der Waals surface area contributed by atoms with E-state index in [0.717, 1.165) is 32.1 Å². The summed E-state index contributed by atoms with van der Waals surface area (Å²) in [5.41, 5.74) is 0. The predicted molar refractivity (Wildman–Crippen MR) is 62.2 cm³/mol. The molecule has 16 heavy (non-hydrogen) atoms. The molecule has 1 atom stereocenters. The first-order valence-electron chi connectivity index (χ1n) is 6.25. The van der Waals surface area contributed by atoms with Gasteiger partial charge in [0, 0.05) is 32.7 Å². The highest BCUT2D eigenvalue weighted by Gasteiger charge is 2.29. The lowest BCUT2D eigenvalue weighted by atomic mass is 10.2. The van der Waals surface area contributed by atoms with Crippen molar-refractivity contribution in [3.8, 4) is 0 Å². The first-order valence-corrected chi connectivity index (χ1v) is 6.25. The van der Waals surface area contributed by atoms with Gasteiger partial charge in [-0.3, -0.25) is 9.69 Å². The van der Waals surface area contributed by atoms with E-state index in [1.165, 1.54) is 26.5 Å². The van der Waals surface area contributed by atoms with E-state index in [9.17, 15) is 4.79 Å². The zero-order valence-electron chi connectivity index (χ0n) is 10.3. The molecule has 1 saturated carbocycles. The summed E-state index contributed by atoms with van der Waals surface area (Å²) in [6.45, 7) is 7.37. The minimum atomic E-state index is -0.115. The molecule has 0 aromatic carbocycles. The highest BCUT2D eigenvalue weighted by Crippen LogP contribution is 2.29. The second-order valence-electron chi connectivity index (χ2n) is 4.98. The van der Waals surface area contributed by atoms with Crippen LogP contribution < -0.4 is 0 Å². The quantitative estimate of drug-likeness (QED) is 0.656. The molecule has 2 aliphatic rings. The third-order valence-corrected chi connectivity index (χ3v) is 3.71. The molecule has 1 saturated heterocycles. The Kier molecular flexibility index (Phi) is 3.82. The van der Waals surface area contributed by atoms with Gasteiger partial charge in [0.1, 0.15) is 6.04 Å². The Labute approximate surface area is 97.5 Å².